The molecule has 1 aliphatic rings. The summed E-state index contributed by atoms with van der Waals surface area (Å²) in [6, 6.07) is 12.6. The molecule has 1 fully saturated rings. The summed E-state index contributed by atoms with van der Waals surface area (Å²) in [5.74, 6) is -1.16. The van der Waals surface area contributed by atoms with Gasteiger partial charge in [0.05, 0.1) is 24.5 Å². The van der Waals surface area contributed by atoms with Crippen LogP contribution >= 0.6 is 11.6 Å². The Bertz CT molecular complexity index is 1210. The number of ketones is 1. The molecular weight excluding hydrogens is 418 g/mol. The van der Waals surface area contributed by atoms with Gasteiger partial charge in [-0.3, -0.25) is 14.5 Å². The molecule has 1 unspecified atom stereocenters. The molecule has 2 heterocycles. The first-order chi connectivity index (χ1) is 14.8. The summed E-state index contributed by atoms with van der Waals surface area (Å²) in [5.41, 5.74) is 2.32. The minimum Gasteiger partial charge on any atom is -0.507 e. The van der Waals surface area contributed by atoms with E-state index in [1.165, 1.54) is 18.3 Å². The highest BCUT2D eigenvalue weighted by atomic mass is 35.5. The van der Waals surface area contributed by atoms with Gasteiger partial charge in [-0.2, -0.15) is 0 Å². The summed E-state index contributed by atoms with van der Waals surface area (Å²) < 4.78 is 10.9. The fraction of sp³-hybridized carbons (Fsp3) is 0.167. The number of carbonyl (C=O) groups is 2. The van der Waals surface area contributed by atoms with Gasteiger partial charge in [0, 0.05) is 10.7 Å². The predicted octanol–water partition coefficient (Wildman–Crippen LogP) is 5.18. The molecule has 0 saturated carbocycles. The lowest BCUT2D eigenvalue weighted by Gasteiger charge is -2.25. The van der Waals surface area contributed by atoms with Crippen LogP contribution in [-0.4, -0.2) is 23.9 Å². The average molecular weight is 438 g/mol. The Morgan fingerprint density at radius 3 is 2.55 bits per heavy atom. The minimum absolute atomic E-state index is 0.0711. The van der Waals surface area contributed by atoms with E-state index in [2.05, 4.69) is 0 Å². The summed E-state index contributed by atoms with van der Waals surface area (Å²) in [4.78, 5) is 27.6. The normalized spacial score (nSPS) is 17.9. The van der Waals surface area contributed by atoms with E-state index in [1.54, 1.807) is 49.4 Å². The maximum atomic E-state index is 13.2. The number of amides is 1. The van der Waals surface area contributed by atoms with E-state index in [0.29, 0.717) is 33.3 Å². The number of rotatable bonds is 4. The molecule has 1 aliphatic heterocycles. The molecule has 6 nitrogen and oxygen atoms in total. The highest BCUT2D eigenvalue weighted by Gasteiger charge is 2.48. The number of hydrogen-bond acceptors (Lipinski definition) is 5. The molecule has 4 rings (SSSR count). The van der Waals surface area contributed by atoms with Crippen molar-refractivity contribution in [3.05, 3.63) is 87.8 Å². The first kappa shape index (κ1) is 20.8. The summed E-state index contributed by atoms with van der Waals surface area (Å²) in [7, 11) is 1.47. The van der Waals surface area contributed by atoms with Crippen molar-refractivity contribution in [3.63, 3.8) is 0 Å². The molecule has 1 aromatic heterocycles. The van der Waals surface area contributed by atoms with Crippen LogP contribution in [0.2, 0.25) is 5.02 Å². The third-order valence-corrected chi connectivity index (χ3v) is 5.52. The molecule has 1 saturated heterocycles. The Balaban J connectivity index is 1.98. The lowest BCUT2D eigenvalue weighted by atomic mass is 9.97. The Kier molecular flexibility index (Phi) is 5.33. The Morgan fingerprint density at radius 1 is 1.13 bits per heavy atom. The Hall–Kier alpha value is -3.51. The van der Waals surface area contributed by atoms with Crippen molar-refractivity contribution < 1.29 is 23.8 Å². The van der Waals surface area contributed by atoms with Crippen molar-refractivity contribution in [1.82, 2.24) is 0 Å². The van der Waals surface area contributed by atoms with E-state index in [1.807, 2.05) is 13.0 Å². The van der Waals surface area contributed by atoms with Gasteiger partial charge < -0.3 is 14.3 Å². The molecule has 1 amide bonds. The van der Waals surface area contributed by atoms with Crippen molar-refractivity contribution in [2.75, 3.05) is 12.0 Å². The fourth-order valence-corrected chi connectivity index (χ4v) is 4.06. The van der Waals surface area contributed by atoms with Gasteiger partial charge in [-0.15, -0.1) is 0 Å². The number of hydrogen-bond donors (Lipinski definition) is 1. The monoisotopic (exact) mass is 437 g/mol. The zero-order valence-electron chi connectivity index (χ0n) is 17.2. The largest absolute Gasteiger partial charge is 0.507 e. The highest BCUT2D eigenvalue weighted by Crippen LogP contribution is 2.44. The van der Waals surface area contributed by atoms with Gasteiger partial charge in [-0.05, 0) is 61.9 Å². The average Bonchev–Trinajstić information content (AvgIpc) is 3.35. The van der Waals surface area contributed by atoms with Crippen molar-refractivity contribution in [2.45, 2.75) is 19.9 Å². The minimum atomic E-state index is -0.944. The number of anilines is 1. The Labute approximate surface area is 184 Å². The van der Waals surface area contributed by atoms with Gasteiger partial charge in [0.2, 0.25) is 0 Å². The van der Waals surface area contributed by atoms with Gasteiger partial charge in [0.25, 0.3) is 11.7 Å². The van der Waals surface area contributed by atoms with Crippen molar-refractivity contribution in [2.24, 2.45) is 0 Å². The van der Waals surface area contributed by atoms with Crippen LogP contribution in [0.15, 0.2) is 64.8 Å². The second kappa shape index (κ2) is 7.96. The number of Topliss-reactive ketones (excluding diaryl/α,β-unsaturated/α-hetero) is 1. The summed E-state index contributed by atoms with van der Waals surface area (Å²) in [6.45, 7) is 3.65. The maximum Gasteiger partial charge on any atom is 0.300 e. The summed E-state index contributed by atoms with van der Waals surface area (Å²) in [5, 5.41) is 11.7. The van der Waals surface area contributed by atoms with Crippen LogP contribution < -0.4 is 9.64 Å². The lowest BCUT2D eigenvalue weighted by molar-refractivity contribution is -0.132. The number of ether oxygens (including phenoxy) is 1. The van der Waals surface area contributed by atoms with Gasteiger partial charge in [0.15, 0.2) is 0 Å². The third kappa shape index (κ3) is 3.49. The van der Waals surface area contributed by atoms with Gasteiger partial charge in [-0.1, -0.05) is 23.2 Å². The van der Waals surface area contributed by atoms with Gasteiger partial charge >= 0.3 is 0 Å². The summed E-state index contributed by atoms with van der Waals surface area (Å²) in [6.07, 6.45) is 1.46. The Morgan fingerprint density at radius 2 is 1.90 bits per heavy atom. The maximum absolute atomic E-state index is 13.2. The van der Waals surface area contributed by atoms with E-state index >= 15 is 0 Å². The second-order valence-corrected chi connectivity index (χ2v) is 7.76. The smallest absolute Gasteiger partial charge is 0.300 e. The first-order valence-corrected chi connectivity index (χ1v) is 9.97. The molecule has 0 radical (unpaired) electrons. The van der Waals surface area contributed by atoms with Crippen molar-refractivity contribution in [1.29, 1.82) is 0 Å². The molecule has 0 aliphatic carbocycles. The van der Waals surface area contributed by atoms with E-state index < -0.39 is 17.7 Å². The quantitative estimate of drug-likeness (QED) is 0.345. The number of methoxy groups -OCH3 is 1. The number of aliphatic hydroxyl groups excluding tert-OH is 1. The number of aryl methyl sites for hydroxylation is 2. The van der Waals surface area contributed by atoms with Crippen LogP contribution in [0.4, 0.5) is 5.69 Å². The van der Waals surface area contributed by atoms with E-state index in [4.69, 9.17) is 20.8 Å². The second-order valence-electron chi connectivity index (χ2n) is 7.32. The van der Waals surface area contributed by atoms with E-state index in [0.717, 1.165) is 5.56 Å². The van der Waals surface area contributed by atoms with Crippen LogP contribution in [0.25, 0.3) is 5.76 Å². The van der Waals surface area contributed by atoms with Crippen LogP contribution in [0.1, 0.15) is 28.5 Å². The zero-order chi connectivity index (χ0) is 22.3. The molecule has 31 heavy (non-hydrogen) atoms. The van der Waals surface area contributed by atoms with Crippen molar-refractivity contribution in [3.8, 4) is 5.75 Å². The summed E-state index contributed by atoms with van der Waals surface area (Å²) >= 11 is 6.08. The fourth-order valence-electron chi connectivity index (χ4n) is 3.84. The van der Waals surface area contributed by atoms with E-state index in [9.17, 15) is 14.7 Å². The molecular formula is C24H20ClNO5. The molecule has 1 N–H and O–H groups in total. The standard InChI is InChI=1S/C24H20ClNO5/c1-13-6-9-18(30-3)16(11-13)22(27)20-21(19-5-4-10-31-19)26(24(29)23(20)28)17-8-7-15(25)12-14(17)2/h4-12,21,27H,1-3H3/b22-20-. The predicted molar refractivity (Wildman–Crippen MR) is 117 cm³/mol. The number of furan rings is 1. The van der Waals surface area contributed by atoms with Crippen LogP contribution in [0.5, 0.6) is 5.75 Å². The lowest BCUT2D eigenvalue weighted by Crippen LogP contribution is -2.29. The molecule has 3 aromatic rings. The first-order valence-electron chi connectivity index (χ1n) is 9.59. The molecule has 158 valence electrons. The van der Waals surface area contributed by atoms with Crippen LogP contribution in [0.3, 0.4) is 0 Å². The van der Waals surface area contributed by atoms with Crippen LogP contribution in [0, 0.1) is 13.8 Å². The third-order valence-electron chi connectivity index (χ3n) is 5.29. The molecule has 0 spiro atoms. The van der Waals surface area contributed by atoms with Gasteiger partial charge in [0.1, 0.15) is 23.3 Å². The van der Waals surface area contributed by atoms with Gasteiger partial charge in [-0.25, -0.2) is 0 Å². The SMILES string of the molecule is COc1ccc(C)cc1/C(O)=C1/C(=O)C(=O)N(c2ccc(Cl)cc2C)C1c1ccco1. The van der Waals surface area contributed by atoms with Crippen molar-refractivity contribution >= 4 is 34.7 Å². The number of nitrogens with zero attached hydrogens (tertiary/aromatic N) is 1. The number of benzene rings is 2. The molecule has 1 atom stereocenters. The zero-order valence-corrected chi connectivity index (χ0v) is 17.9. The molecule has 2 aromatic carbocycles. The van der Waals surface area contributed by atoms with Crippen LogP contribution in [-0.2, 0) is 9.59 Å². The van der Waals surface area contributed by atoms with E-state index in [-0.39, 0.29) is 11.3 Å². The molecule has 7 heteroatoms. The number of carbonyl (C=O) groups excluding carboxylic acids is 2. The molecule has 0 bridgehead atoms. The topological polar surface area (TPSA) is 80.0 Å². The number of aliphatic hydroxyl groups is 1. The highest BCUT2D eigenvalue weighted by molar-refractivity contribution is 6.51. The number of halogens is 1.